The minimum absolute atomic E-state index is 0. The van der Waals surface area contributed by atoms with Gasteiger partial charge in [-0.2, -0.15) is 53.6 Å². The van der Waals surface area contributed by atoms with E-state index >= 15 is 0 Å². The van der Waals surface area contributed by atoms with Gasteiger partial charge in [-0.1, -0.05) is 104 Å². The van der Waals surface area contributed by atoms with Crippen LogP contribution in [-0.2, 0) is 41.5 Å². The molecule has 0 radical (unpaired) electrons. The SMILES string of the molecule is CC1=[C-]C(C)(C)c2cc3c(cc21)-c1cc2c(cc1C3)C(C)(C)C=C2C.CC1=[C-]C(C)C=C1C(C)(C)C.Cl.Cl.[CH2]=[Zr].[CH3-].[c-]1ccccc1. The van der Waals surface area contributed by atoms with Crippen LogP contribution < -0.4 is 0 Å². The molecule has 0 aromatic heterocycles. The molecule has 0 spiro atoms. The van der Waals surface area contributed by atoms with E-state index < -0.39 is 0 Å². The molecule has 0 fully saturated rings. The van der Waals surface area contributed by atoms with Crippen LogP contribution in [0.25, 0.3) is 22.3 Å². The molecule has 3 aromatic rings. The van der Waals surface area contributed by atoms with Crippen molar-refractivity contribution in [1.82, 2.24) is 0 Å². The summed E-state index contributed by atoms with van der Waals surface area (Å²) in [4.78, 5) is 0. The summed E-state index contributed by atoms with van der Waals surface area (Å²) < 4.78 is 3.34. The van der Waals surface area contributed by atoms with Crippen LogP contribution in [0.4, 0.5) is 0 Å². The van der Waals surface area contributed by atoms with Crippen LogP contribution in [0.2, 0.25) is 0 Å². The molecule has 0 bridgehead atoms. The minimum Gasteiger partial charge on any atom is -0.358 e. The molecule has 1 atom stereocenters. The molecule has 0 aliphatic heterocycles. The Morgan fingerprint density at radius 3 is 1.72 bits per heavy atom. The summed E-state index contributed by atoms with van der Waals surface area (Å²) in [5.74, 6) is 0.518. The summed E-state index contributed by atoms with van der Waals surface area (Å²) in [6.45, 7) is 24.8. The van der Waals surface area contributed by atoms with E-state index in [1.165, 1.54) is 91.0 Å². The van der Waals surface area contributed by atoms with Crippen molar-refractivity contribution in [3.05, 3.63) is 137 Å². The molecule has 3 aromatic carbocycles. The Hall–Kier alpha value is -2.05. The first-order valence-electron chi connectivity index (χ1n) is 15.8. The van der Waals surface area contributed by atoms with Crippen LogP contribution in [-0.4, -0.2) is 4.21 Å². The number of benzene rings is 3. The summed E-state index contributed by atoms with van der Waals surface area (Å²) in [7, 11) is 0. The topological polar surface area (TPSA) is 0 Å². The predicted octanol–water partition coefficient (Wildman–Crippen LogP) is 12.6. The standard InChI is InChI=1S/C25H25.C11H17.C6H5.CH3.CH2.2ClH.Zr/c1-14-12-24(3,4)22-8-16-7-17-9-23-19(15(2)13-25(23,5)6)11-21(17)20(16)10-18(14)22;1-8-6-9(2)10(7-8)11(3,4)5;1-2-4-6-5-3-1;;;;;/h8-12H,7H2,1-6H3;7-8H,1-5H3;1-5H;1H3;1H2;2*1H;/q4*-1;;;;. The molecule has 0 amide bonds. The molecule has 3 heteroatoms. The average Bonchev–Trinajstić information content (AvgIpc) is 3.63. The number of hydrogen-bond donors (Lipinski definition) is 0. The molecule has 1 unspecified atom stereocenters. The van der Waals surface area contributed by atoms with Crippen LogP contribution in [0, 0.1) is 37.0 Å². The fourth-order valence-electron chi connectivity index (χ4n) is 7.27. The van der Waals surface area contributed by atoms with E-state index in [4.69, 9.17) is 0 Å². The van der Waals surface area contributed by atoms with Crippen molar-refractivity contribution in [1.29, 1.82) is 0 Å². The van der Waals surface area contributed by atoms with Gasteiger partial charge in [0.2, 0.25) is 0 Å². The van der Waals surface area contributed by atoms with Gasteiger partial charge in [0, 0.05) is 5.41 Å². The summed E-state index contributed by atoms with van der Waals surface area (Å²) >= 11 is 1.30. The maximum absolute atomic E-state index is 3.65. The molecular weight excluding hydrogens is 691 g/mol. The summed E-state index contributed by atoms with van der Waals surface area (Å²) in [6, 6.07) is 22.3. The van der Waals surface area contributed by atoms with Crippen LogP contribution in [0.5, 0.6) is 0 Å². The Bertz CT molecular complexity index is 1560. The molecule has 0 heterocycles. The zero-order valence-electron chi connectivity index (χ0n) is 30.7. The number of hydrogen-bond acceptors (Lipinski definition) is 0. The maximum Gasteiger partial charge on any atom is -0.171 e. The van der Waals surface area contributed by atoms with E-state index in [0.717, 1.165) is 6.42 Å². The van der Waals surface area contributed by atoms with Crippen molar-refractivity contribution in [3.8, 4) is 11.1 Å². The Labute approximate surface area is 315 Å². The third-order valence-corrected chi connectivity index (χ3v) is 9.11. The van der Waals surface area contributed by atoms with Crippen molar-refractivity contribution >= 4 is 40.2 Å². The van der Waals surface area contributed by atoms with Crippen molar-refractivity contribution in [2.24, 2.45) is 11.3 Å². The monoisotopic (exact) mass is 742 g/mol. The molecule has 7 rings (SSSR count). The van der Waals surface area contributed by atoms with Gasteiger partial charge in [-0.3, -0.25) is 12.2 Å². The van der Waals surface area contributed by atoms with E-state index in [0.29, 0.717) is 11.3 Å². The first-order valence-corrected chi connectivity index (χ1v) is 17.6. The average molecular weight is 745 g/mol. The van der Waals surface area contributed by atoms with Gasteiger partial charge in [0.1, 0.15) is 0 Å². The minimum atomic E-state index is 0. The molecule has 0 nitrogen and oxygen atoms in total. The van der Waals surface area contributed by atoms with Crippen molar-refractivity contribution in [3.63, 3.8) is 0 Å². The predicted molar refractivity (Wildman–Crippen MR) is 209 cm³/mol. The van der Waals surface area contributed by atoms with Gasteiger partial charge in [-0.15, -0.1) is 36.4 Å². The Balaban J connectivity index is 0.000000421. The third kappa shape index (κ3) is 9.15. The second-order valence-electron chi connectivity index (χ2n) is 14.7. The van der Waals surface area contributed by atoms with Crippen LogP contribution in [0.1, 0.15) is 110 Å². The number of halogens is 2. The van der Waals surface area contributed by atoms with E-state index in [2.05, 4.69) is 135 Å². The zero-order valence-corrected chi connectivity index (χ0v) is 34.7. The molecule has 4 aliphatic rings. The fourth-order valence-corrected chi connectivity index (χ4v) is 7.27. The van der Waals surface area contributed by atoms with Crippen LogP contribution in [0.15, 0.2) is 77.9 Å². The smallest absolute Gasteiger partial charge is 0.171 e. The van der Waals surface area contributed by atoms with Crippen LogP contribution >= 0.6 is 24.8 Å². The van der Waals surface area contributed by atoms with Gasteiger partial charge in [-0.25, -0.2) is 11.1 Å². The van der Waals surface area contributed by atoms with Gasteiger partial charge in [0.05, 0.1) is 0 Å². The van der Waals surface area contributed by atoms with Gasteiger partial charge in [-0.05, 0) is 58.4 Å². The first-order chi connectivity index (χ1) is 20.6. The van der Waals surface area contributed by atoms with Gasteiger partial charge in [0.15, 0.2) is 0 Å². The Morgan fingerprint density at radius 1 is 0.766 bits per heavy atom. The molecule has 0 N–H and O–H groups in total. The Kier molecular flexibility index (Phi) is 15.2. The van der Waals surface area contributed by atoms with E-state index in [1.54, 1.807) is 0 Å². The van der Waals surface area contributed by atoms with Crippen molar-refractivity contribution < 1.29 is 24.2 Å². The molecule has 0 saturated heterocycles. The number of fused-ring (bicyclic) bond motifs is 5. The van der Waals surface area contributed by atoms with E-state index in [1.807, 2.05) is 30.3 Å². The molecular formula is C44H54Cl2Zr-4. The number of allylic oxidation sites excluding steroid dienone is 8. The third-order valence-electron chi connectivity index (χ3n) is 9.11. The van der Waals surface area contributed by atoms with Gasteiger partial charge in [0.25, 0.3) is 0 Å². The molecule has 0 saturated carbocycles. The first kappa shape index (κ1) is 43.0. The van der Waals surface area contributed by atoms with Crippen LogP contribution in [0.3, 0.4) is 0 Å². The number of rotatable bonds is 0. The molecule has 47 heavy (non-hydrogen) atoms. The van der Waals surface area contributed by atoms with Gasteiger partial charge < -0.3 is 7.43 Å². The van der Waals surface area contributed by atoms with Crippen molar-refractivity contribution in [2.75, 3.05) is 0 Å². The van der Waals surface area contributed by atoms with Crippen molar-refractivity contribution in [2.45, 2.75) is 93.4 Å². The normalized spacial score (nSPS) is 17.9. The summed E-state index contributed by atoms with van der Waals surface area (Å²) in [5.41, 5.74) is 17.6. The quantitative estimate of drug-likeness (QED) is 0.157. The molecule has 252 valence electrons. The van der Waals surface area contributed by atoms with E-state index in [-0.39, 0.29) is 43.1 Å². The molecule has 4 aliphatic carbocycles. The summed E-state index contributed by atoms with van der Waals surface area (Å²) in [5, 5.41) is 0. The Morgan fingerprint density at radius 2 is 1.30 bits per heavy atom. The second kappa shape index (κ2) is 16.6. The largest absolute Gasteiger partial charge is 0.358 e. The summed E-state index contributed by atoms with van der Waals surface area (Å²) in [6.07, 6.45) is 12.8. The second-order valence-corrected chi connectivity index (χ2v) is 14.7. The van der Waals surface area contributed by atoms with E-state index in [9.17, 15) is 0 Å². The fraction of sp³-hybridized carbons (Fsp3) is 0.364. The van der Waals surface area contributed by atoms with Gasteiger partial charge >= 0.3 is 28.4 Å². The zero-order chi connectivity index (χ0) is 32.6. The maximum atomic E-state index is 3.65.